The van der Waals surface area contributed by atoms with E-state index in [9.17, 15) is 4.39 Å². The van der Waals surface area contributed by atoms with Crippen molar-refractivity contribution in [3.8, 4) is 0 Å². The third-order valence-corrected chi connectivity index (χ3v) is 4.58. The molecule has 0 radical (unpaired) electrons. The summed E-state index contributed by atoms with van der Waals surface area (Å²) in [7, 11) is 0. The number of likely N-dealkylation sites (N-methyl/N-ethyl adjacent to an activating group) is 1. The van der Waals surface area contributed by atoms with E-state index in [0.29, 0.717) is 0 Å². The molecule has 0 unspecified atom stereocenters. The van der Waals surface area contributed by atoms with E-state index in [2.05, 4.69) is 32.0 Å². The van der Waals surface area contributed by atoms with E-state index in [1.54, 1.807) is 0 Å². The van der Waals surface area contributed by atoms with Crippen LogP contribution in [0.25, 0.3) is 0 Å². The molecule has 0 atom stereocenters. The topological polar surface area (TPSA) is 44.3 Å². The van der Waals surface area contributed by atoms with Gasteiger partial charge in [-0.15, -0.1) is 0 Å². The number of hydrogen-bond acceptors (Lipinski definition) is 5. The molecule has 0 saturated carbocycles. The molecule has 3 rings (SSSR count). The summed E-state index contributed by atoms with van der Waals surface area (Å²) < 4.78 is 12.9. The monoisotopic (exact) mass is 343 g/mol. The molecule has 2 heterocycles. The second-order valence-electron chi connectivity index (χ2n) is 6.42. The minimum absolute atomic E-state index is 0.198. The van der Waals surface area contributed by atoms with E-state index < -0.39 is 0 Å². The van der Waals surface area contributed by atoms with Gasteiger partial charge in [0.1, 0.15) is 11.6 Å². The number of aromatic nitrogens is 2. The number of benzene rings is 1. The van der Waals surface area contributed by atoms with Gasteiger partial charge < -0.3 is 15.1 Å². The maximum absolute atomic E-state index is 12.9. The SMILES string of the molecule is CCN1CCN(c2nc(C)cc(NCCc3ccc(F)cc3)n2)CC1. The fourth-order valence-electron chi connectivity index (χ4n) is 3.03. The Morgan fingerprint density at radius 1 is 1.08 bits per heavy atom. The fourth-order valence-corrected chi connectivity index (χ4v) is 3.03. The van der Waals surface area contributed by atoms with E-state index in [-0.39, 0.29) is 5.82 Å². The van der Waals surface area contributed by atoms with Crippen LogP contribution in [0, 0.1) is 12.7 Å². The average Bonchev–Trinajstić information content (AvgIpc) is 2.63. The molecule has 0 bridgehead atoms. The van der Waals surface area contributed by atoms with Crippen LogP contribution in [0.15, 0.2) is 30.3 Å². The molecule has 0 spiro atoms. The highest BCUT2D eigenvalue weighted by molar-refractivity contribution is 5.44. The molecule has 1 aliphatic rings. The summed E-state index contributed by atoms with van der Waals surface area (Å²) >= 11 is 0. The molecule has 1 fully saturated rings. The van der Waals surface area contributed by atoms with Gasteiger partial charge in [0, 0.05) is 44.5 Å². The van der Waals surface area contributed by atoms with Crippen LogP contribution in [-0.2, 0) is 6.42 Å². The predicted molar refractivity (Wildman–Crippen MR) is 99.7 cm³/mol. The number of aryl methyl sites for hydroxylation is 1. The first-order chi connectivity index (χ1) is 12.1. The number of piperazine rings is 1. The molecule has 1 aromatic heterocycles. The molecule has 2 aromatic rings. The number of hydrogen-bond donors (Lipinski definition) is 1. The van der Waals surface area contributed by atoms with Gasteiger partial charge in [-0.25, -0.2) is 9.37 Å². The number of rotatable bonds is 6. The largest absolute Gasteiger partial charge is 0.370 e. The summed E-state index contributed by atoms with van der Waals surface area (Å²) in [5.74, 6) is 1.46. The third-order valence-electron chi connectivity index (χ3n) is 4.58. The lowest BCUT2D eigenvalue weighted by molar-refractivity contribution is 0.270. The van der Waals surface area contributed by atoms with E-state index >= 15 is 0 Å². The van der Waals surface area contributed by atoms with Gasteiger partial charge in [0.2, 0.25) is 5.95 Å². The molecule has 6 heteroatoms. The molecule has 0 amide bonds. The summed E-state index contributed by atoms with van der Waals surface area (Å²) in [5, 5.41) is 3.37. The first-order valence-electron chi connectivity index (χ1n) is 8.95. The van der Waals surface area contributed by atoms with Crippen molar-refractivity contribution >= 4 is 11.8 Å². The first kappa shape index (κ1) is 17.6. The second kappa shape index (κ2) is 8.25. The van der Waals surface area contributed by atoms with Crippen LogP contribution in [0.3, 0.4) is 0 Å². The minimum atomic E-state index is -0.198. The van der Waals surface area contributed by atoms with Gasteiger partial charge in [-0.05, 0) is 37.6 Å². The Bertz CT molecular complexity index is 681. The van der Waals surface area contributed by atoms with Crippen molar-refractivity contribution in [1.82, 2.24) is 14.9 Å². The van der Waals surface area contributed by atoms with Gasteiger partial charge in [0.25, 0.3) is 0 Å². The Kier molecular flexibility index (Phi) is 5.81. The molecular weight excluding hydrogens is 317 g/mol. The van der Waals surface area contributed by atoms with E-state index in [1.807, 2.05) is 25.1 Å². The van der Waals surface area contributed by atoms with E-state index in [0.717, 1.165) is 68.7 Å². The molecule has 0 aliphatic carbocycles. The summed E-state index contributed by atoms with van der Waals surface area (Å²) in [5.41, 5.74) is 2.07. The van der Waals surface area contributed by atoms with Crippen LogP contribution in [0.2, 0.25) is 0 Å². The Morgan fingerprint density at radius 3 is 2.48 bits per heavy atom. The van der Waals surface area contributed by atoms with Crippen LogP contribution >= 0.6 is 0 Å². The highest BCUT2D eigenvalue weighted by atomic mass is 19.1. The number of halogens is 1. The van der Waals surface area contributed by atoms with Gasteiger partial charge >= 0.3 is 0 Å². The van der Waals surface area contributed by atoms with Crippen molar-refractivity contribution in [2.24, 2.45) is 0 Å². The fraction of sp³-hybridized carbons (Fsp3) is 0.474. The second-order valence-corrected chi connectivity index (χ2v) is 6.42. The Labute approximate surface area is 148 Å². The zero-order valence-electron chi connectivity index (χ0n) is 15.0. The van der Waals surface area contributed by atoms with Gasteiger partial charge in [0.05, 0.1) is 0 Å². The van der Waals surface area contributed by atoms with Crippen molar-refractivity contribution in [3.63, 3.8) is 0 Å². The number of nitrogens with zero attached hydrogens (tertiary/aromatic N) is 4. The standard InChI is InChI=1S/C19H26FN5/c1-3-24-10-12-25(13-11-24)19-22-15(2)14-18(23-19)21-9-8-16-4-6-17(20)7-5-16/h4-7,14H,3,8-13H2,1-2H3,(H,21,22,23). The van der Waals surface area contributed by atoms with Crippen LogP contribution in [0.1, 0.15) is 18.2 Å². The van der Waals surface area contributed by atoms with Crippen molar-refractivity contribution in [3.05, 3.63) is 47.4 Å². The summed E-state index contributed by atoms with van der Waals surface area (Å²) in [6, 6.07) is 8.61. The molecule has 5 nitrogen and oxygen atoms in total. The van der Waals surface area contributed by atoms with Crippen molar-refractivity contribution in [2.75, 3.05) is 49.5 Å². The Morgan fingerprint density at radius 2 is 1.80 bits per heavy atom. The highest BCUT2D eigenvalue weighted by Crippen LogP contribution is 2.16. The average molecular weight is 343 g/mol. The van der Waals surface area contributed by atoms with Crippen LogP contribution in [0.4, 0.5) is 16.2 Å². The molecule has 25 heavy (non-hydrogen) atoms. The van der Waals surface area contributed by atoms with Crippen molar-refractivity contribution in [2.45, 2.75) is 20.3 Å². The normalized spacial score (nSPS) is 15.4. The van der Waals surface area contributed by atoms with E-state index in [4.69, 9.17) is 0 Å². The van der Waals surface area contributed by atoms with Crippen LogP contribution in [-0.4, -0.2) is 54.1 Å². The molecular formula is C19H26FN5. The number of anilines is 2. The first-order valence-corrected chi connectivity index (χ1v) is 8.95. The zero-order valence-corrected chi connectivity index (χ0v) is 15.0. The lowest BCUT2D eigenvalue weighted by Crippen LogP contribution is -2.46. The smallest absolute Gasteiger partial charge is 0.227 e. The number of nitrogens with one attached hydrogen (secondary N) is 1. The molecule has 1 N–H and O–H groups in total. The lowest BCUT2D eigenvalue weighted by atomic mass is 10.1. The maximum atomic E-state index is 12.9. The zero-order chi connectivity index (χ0) is 17.6. The van der Waals surface area contributed by atoms with Gasteiger partial charge in [-0.1, -0.05) is 19.1 Å². The van der Waals surface area contributed by atoms with E-state index in [1.165, 1.54) is 12.1 Å². The van der Waals surface area contributed by atoms with Crippen LogP contribution < -0.4 is 10.2 Å². The molecule has 1 saturated heterocycles. The Balaban J connectivity index is 1.58. The highest BCUT2D eigenvalue weighted by Gasteiger charge is 2.18. The maximum Gasteiger partial charge on any atom is 0.227 e. The lowest BCUT2D eigenvalue weighted by Gasteiger charge is -2.34. The summed E-state index contributed by atoms with van der Waals surface area (Å²) in [6.45, 7) is 10.1. The van der Waals surface area contributed by atoms with Gasteiger partial charge in [-0.3, -0.25) is 0 Å². The van der Waals surface area contributed by atoms with Crippen molar-refractivity contribution < 1.29 is 4.39 Å². The Hall–Kier alpha value is -2.21. The summed E-state index contributed by atoms with van der Waals surface area (Å²) in [6.07, 6.45) is 0.827. The van der Waals surface area contributed by atoms with Gasteiger partial charge in [-0.2, -0.15) is 4.98 Å². The van der Waals surface area contributed by atoms with Crippen molar-refractivity contribution in [1.29, 1.82) is 0 Å². The molecule has 134 valence electrons. The molecule has 1 aromatic carbocycles. The van der Waals surface area contributed by atoms with Crippen LogP contribution in [0.5, 0.6) is 0 Å². The quantitative estimate of drug-likeness (QED) is 0.874. The minimum Gasteiger partial charge on any atom is -0.370 e. The molecule has 1 aliphatic heterocycles. The third kappa shape index (κ3) is 4.89. The summed E-state index contributed by atoms with van der Waals surface area (Å²) in [4.78, 5) is 14.0. The predicted octanol–water partition coefficient (Wildman–Crippen LogP) is 2.72. The van der Waals surface area contributed by atoms with Gasteiger partial charge in [0.15, 0.2) is 0 Å².